The van der Waals surface area contributed by atoms with Crippen LogP contribution in [0.5, 0.6) is 0 Å². The summed E-state index contributed by atoms with van der Waals surface area (Å²) < 4.78 is 4.87. The Morgan fingerprint density at radius 2 is 2.33 bits per heavy atom. The summed E-state index contributed by atoms with van der Waals surface area (Å²) in [6, 6.07) is 5.82. The van der Waals surface area contributed by atoms with Gasteiger partial charge in [0, 0.05) is 13.7 Å². The third-order valence-electron chi connectivity index (χ3n) is 2.66. The highest BCUT2D eigenvalue weighted by atomic mass is 16.5. The molecule has 0 bridgehead atoms. The fraction of sp³-hybridized carbons (Fsp3) is 0.385. The molecule has 0 saturated carbocycles. The zero-order chi connectivity index (χ0) is 13.0. The molecule has 96 valence electrons. The van der Waals surface area contributed by atoms with E-state index in [0.29, 0.717) is 19.6 Å². The molecule has 2 rings (SSSR count). The number of methoxy groups -OCH3 is 1. The Hall–Kier alpha value is -1.88. The van der Waals surface area contributed by atoms with Crippen molar-refractivity contribution in [1.82, 2.24) is 15.3 Å². The number of rotatable bonds is 5. The van der Waals surface area contributed by atoms with E-state index in [2.05, 4.69) is 15.3 Å². The first-order valence-corrected chi connectivity index (χ1v) is 5.90. The van der Waals surface area contributed by atoms with Gasteiger partial charge in [-0.15, -0.1) is 0 Å². The highest BCUT2D eigenvalue weighted by Gasteiger charge is 2.05. The number of aromatic nitrogens is 2. The lowest BCUT2D eigenvalue weighted by atomic mass is 10.1. The largest absolute Gasteiger partial charge is 0.383 e. The molecule has 1 aromatic heterocycles. The molecule has 1 heterocycles. The lowest BCUT2D eigenvalue weighted by Crippen LogP contribution is -2.28. The summed E-state index contributed by atoms with van der Waals surface area (Å²) in [5, 5.41) is 2.80. The van der Waals surface area contributed by atoms with Crippen LogP contribution >= 0.6 is 0 Å². The lowest BCUT2D eigenvalue weighted by molar-refractivity contribution is -0.120. The highest BCUT2D eigenvalue weighted by Crippen LogP contribution is 2.13. The van der Waals surface area contributed by atoms with Crippen LogP contribution in [-0.4, -0.2) is 36.1 Å². The number of fused-ring (bicyclic) bond motifs is 1. The van der Waals surface area contributed by atoms with Crippen molar-refractivity contribution in [1.29, 1.82) is 0 Å². The van der Waals surface area contributed by atoms with Crippen LogP contribution in [0.15, 0.2) is 18.2 Å². The summed E-state index contributed by atoms with van der Waals surface area (Å²) in [6.07, 6.45) is 0.373. The van der Waals surface area contributed by atoms with E-state index in [9.17, 15) is 4.79 Å². The number of nitrogens with one attached hydrogen (secondary N) is 2. The van der Waals surface area contributed by atoms with Crippen molar-refractivity contribution in [2.75, 3.05) is 20.3 Å². The van der Waals surface area contributed by atoms with Gasteiger partial charge in [-0.25, -0.2) is 4.98 Å². The van der Waals surface area contributed by atoms with E-state index in [0.717, 1.165) is 22.4 Å². The molecule has 0 radical (unpaired) electrons. The van der Waals surface area contributed by atoms with E-state index in [1.807, 2.05) is 25.1 Å². The van der Waals surface area contributed by atoms with Crippen molar-refractivity contribution in [2.24, 2.45) is 0 Å². The first-order valence-electron chi connectivity index (χ1n) is 5.90. The first-order chi connectivity index (χ1) is 8.69. The molecule has 1 aromatic carbocycles. The minimum absolute atomic E-state index is 0.00244. The highest BCUT2D eigenvalue weighted by molar-refractivity contribution is 5.81. The van der Waals surface area contributed by atoms with Crippen LogP contribution in [0.1, 0.15) is 11.4 Å². The fourth-order valence-corrected chi connectivity index (χ4v) is 1.83. The molecular formula is C13H17N3O2. The maximum Gasteiger partial charge on any atom is 0.224 e. The van der Waals surface area contributed by atoms with Gasteiger partial charge in [0.25, 0.3) is 0 Å². The molecule has 0 aliphatic rings. The summed E-state index contributed by atoms with van der Waals surface area (Å²) in [5.41, 5.74) is 2.87. The smallest absolute Gasteiger partial charge is 0.224 e. The molecule has 5 nitrogen and oxygen atoms in total. The van der Waals surface area contributed by atoms with Gasteiger partial charge in [0.05, 0.1) is 24.1 Å². The Morgan fingerprint density at radius 1 is 1.50 bits per heavy atom. The maximum absolute atomic E-state index is 11.6. The second-order valence-electron chi connectivity index (χ2n) is 4.19. The molecule has 0 atom stereocenters. The Balaban J connectivity index is 2.00. The molecule has 1 amide bonds. The second-order valence-corrected chi connectivity index (χ2v) is 4.19. The van der Waals surface area contributed by atoms with Gasteiger partial charge in [-0.1, -0.05) is 6.07 Å². The number of amides is 1. The van der Waals surface area contributed by atoms with Crippen LogP contribution in [-0.2, 0) is 16.0 Å². The van der Waals surface area contributed by atoms with Crippen LogP contribution < -0.4 is 5.32 Å². The molecule has 0 unspecified atom stereocenters. The number of hydrogen-bond acceptors (Lipinski definition) is 3. The van der Waals surface area contributed by atoms with E-state index < -0.39 is 0 Å². The molecule has 0 aliphatic carbocycles. The third-order valence-corrected chi connectivity index (χ3v) is 2.66. The number of carbonyl (C=O) groups is 1. The Morgan fingerprint density at radius 3 is 3.11 bits per heavy atom. The molecule has 2 aromatic rings. The van der Waals surface area contributed by atoms with Gasteiger partial charge >= 0.3 is 0 Å². The van der Waals surface area contributed by atoms with Crippen LogP contribution in [0.4, 0.5) is 0 Å². The van der Waals surface area contributed by atoms with E-state index in [1.54, 1.807) is 7.11 Å². The average molecular weight is 247 g/mol. The normalized spacial score (nSPS) is 10.8. The van der Waals surface area contributed by atoms with Crippen molar-refractivity contribution >= 4 is 16.9 Å². The minimum Gasteiger partial charge on any atom is -0.383 e. The summed E-state index contributed by atoms with van der Waals surface area (Å²) in [5.74, 6) is 0.884. The number of nitrogens with zero attached hydrogens (tertiary/aromatic N) is 1. The summed E-state index contributed by atoms with van der Waals surface area (Å²) in [6.45, 7) is 2.99. The third kappa shape index (κ3) is 3.07. The van der Waals surface area contributed by atoms with E-state index in [4.69, 9.17) is 4.74 Å². The maximum atomic E-state index is 11.6. The monoisotopic (exact) mass is 247 g/mol. The average Bonchev–Trinajstić information content (AvgIpc) is 2.69. The number of imidazole rings is 1. The van der Waals surface area contributed by atoms with Gasteiger partial charge in [-0.05, 0) is 24.6 Å². The van der Waals surface area contributed by atoms with Crippen LogP contribution in [0.3, 0.4) is 0 Å². The second kappa shape index (κ2) is 5.64. The van der Waals surface area contributed by atoms with Gasteiger partial charge in [0.15, 0.2) is 0 Å². The molecule has 2 N–H and O–H groups in total. The Kier molecular flexibility index (Phi) is 3.94. The number of benzene rings is 1. The van der Waals surface area contributed by atoms with E-state index >= 15 is 0 Å². The molecule has 0 aliphatic heterocycles. The topological polar surface area (TPSA) is 67.0 Å². The molecule has 18 heavy (non-hydrogen) atoms. The minimum atomic E-state index is 0.00244. The quantitative estimate of drug-likeness (QED) is 0.780. The molecule has 5 heteroatoms. The van der Waals surface area contributed by atoms with E-state index in [1.165, 1.54) is 0 Å². The predicted molar refractivity (Wildman–Crippen MR) is 69.4 cm³/mol. The zero-order valence-corrected chi connectivity index (χ0v) is 10.6. The first kappa shape index (κ1) is 12.6. The summed E-state index contributed by atoms with van der Waals surface area (Å²) >= 11 is 0. The van der Waals surface area contributed by atoms with Crippen molar-refractivity contribution in [3.63, 3.8) is 0 Å². The fourth-order valence-electron chi connectivity index (χ4n) is 1.83. The molecular weight excluding hydrogens is 230 g/mol. The van der Waals surface area contributed by atoms with Crippen molar-refractivity contribution < 1.29 is 9.53 Å². The van der Waals surface area contributed by atoms with E-state index in [-0.39, 0.29) is 5.91 Å². The standard InChI is InChI=1S/C13H17N3O2/c1-9-15-11-4-3-10(7-12(11)16-9)8-13(17)14-5-6-18-2/h3-4,7H,5-6,8H2,1-2H3,(H,14,17)(H,15,16). The predicted octanol–water partition coefficient (Wildman–Crippen LogP) is 1.18. The number of carbonyl (C=O) groups excluding carboxylic acids is 1. The summed E-state index contributed by atoms with van der Waals surface area (Å²) in [4.78, 5) is 19.1. The zero-order valence-electron chi connectivity index (χ0n) is 10.6. The van der Waals surface area contributed by atoms with Gasteiger partial charge in [-0.3, -0.25) is 4.79 Å². The van der Waals surface area contributed by atoms with Crippen LogP contribution in [0.2, 0.25) is 0 Å². The molecule has 0 saturated heterocycles. The Labute approximate surface area is 106 Å². The van der Waals surface area contributed by atoms with Gasteiger partial charge in [0.1, 0.15) is 5.82 Å². The molecule has 0 spiro atoms. The number of hydrogen-bond donors (Lipinski definition) is 2. The number of H-pyrrole nitrogens is 1. The number of aromatic amines is 1. The van der Waals surface area contributed by atoms with Crippen molar-refractivity contribution in [3.05, 3.63) is 29.6 Å². The SMILES string of the molecule is COCCNC(=O)Cc1ccc2nc(C)[nH]c2c1. The summed E-state index contributed by atoms with van der Waals surface area (Å²) in [7, 11) is 1.61. The van der Waals surface area contributed by atoms with Crippen LogP contribution in [0, 0.1) is 6.92 Å². The molecule has 0 fully saturated rings. The van der Waals surface area contributed by atoms with Gasteiger partial charge < -0.3 is 15.0 Å². The lowest BCUT2D eigenvalue weighted by Gasteiger charge is -2.04. The van der Waals surface area contributed by atoms with Gasteiger partial charge in [0.2, 0.25) is 5.91 Å². The number of aryl methyl sites for hydroxylation is 1. The van der Waals surface area contributed by atoms with Crippen LogP contribution in [0.25, 0.3) is 11.0 Å². The van der Waals surface area contributed by atoms with Gasteiger partial charge in [-0.2, -0.15) is 0 Å². The van der Waals surface area contributed by atoms with Crippen molar-refractivity contribution in [3.8, 4) is 0 Å². The van der Waals surface area contributed by atoms with Crippen molar-refractivity contribution in [2.45, 2.75) is 13.3 Å². The number of ether oxygens (including phenoxy) is 1. The Bertz CT molecular complexity index is 548.